The summed E-state index contributed by atoms with van der Waals surface area (Å²) in [7, 11) is 1.56. The molecule has 0 spiro atoms. The van der Waals surface area contributed by atoms with E-state index in [1.165, 1.54) is 19.3 Å². The van der Waals surface area contributed by atoms with E-state index < -0.39 is 0 Å². The maximum Gasteiger partial charge on any atom is 0.255 e. The number of nitrogen functional groups attached to an aromatic ring is 1. The van der Waals surface area contributed by atoms with Gasteiger partial charge in [-0.15, -0.1) is 12.4 Å². The van der Waals surface area contributed by atoms with Crippen LogP contribution in [0.1, 0.15) is 42.5 Å². The van der Waals surface area contributed by atoms with Gasteiger partial charge in [-0.2, -0.15) is 0 Å². The standard InChI is InChI=1S/C20H24N2O3.ClH/c1-24-19-11-10-15(13-18(19)21)22-20(23)14-6-5-9-17(12-14)25-16-7-3-2-4-8-16;/h5-6,9-13,16H,2-4,7-8,21H2,1H3,(H,22,23);1H. The Hall–Kier alpha value is -2.40. The van der Waals surface area contributed by atoms with Gasteiger partial charge in [-0.1, -0.05) is 12.5 Å². The van der Waals surface area contributed by atoms with Crippen LogP contribution in [0.2, 0.25) is 0 Å². The van der Waals surface area contributed by atoms with Gasteiger partial charge < -0.3 is 20.5 Å². The van der Waals surface area contributed by atoms with Crippen LogP contribution in [0.5, 0.6) is 11.5 Å². The molecule has 3 rings (SSSR count). The molecule has 0 aliphatic heterocycles. The highest BCUT2D eigenvalue weighted by molar-refractivity contribution is 6.04. The van der Waals surface area contributed by atoms with Crippen molar-refractivity contribution in [1.29, 1.82) is 0 Å². The molecule has 1 amide bonds. The summed E-state index contributed by atoms with van der Waals surface area (Å²) in [6.45, 7) is 0. The van der Waals surface area contributed by atoms with E-state index in [2.05, 4.69) is 5.32 Å². The van der Waals surface area contributed by atoms with Gasteiger partial charge >= 0.3 is 0 Å². The van der Waals surface area contributed by atoms with E-state index in [4.69, 9.17) is 15.2 Å². The zero-order valence-electron chi connectivity index (χ0n) is 14.9. The molecular weight excluding hydrogens is 352 g/mol. The number of carbonyl (C=O) groups excluding carboxylic acids is 1. The van der Waals surface area contributed by atoms with Crippen molar-refractivity contribution >= 4 is 29.7 Å². The van der Waals surface area contributed by atoms with Crippen LogP contribution >= 0.6 is 12.4 Å². The molecule has 2 aromatic rings. The molecule has 0 bridgehead atoms. The summed E-state index contributed by atoms with van der Waals surface area (Å²) >= 11 is 0. The van der Waals surface area contributed by atoms with Gasteiger partial charge in [0.15, 0.2) is 0 Å². The summed E-state index contributed by atoms with van der Waals surface area (Å²) in [5.41, 5.74) is 7.54. The fourth-order valence-electron chi connectivity index (χ4n) is 3.10. The highest BCUT2D eigenvalue weighted by Gasteiger charge is 2.16. The van der Waals surface area contributed by atoms with Gasteiger partial charge in [0.1, 0.15) is 11.5 Å². The molecule has 2 aromatic carbocycles. The third-order valence-electron chi connectivity index (χ3n) is 4.44. The predicted molar refractivity (Wildman–Crippen MR) is 107 cm³/mol. The first kappa shape index (κ1) is 19.9. The van der Waals surface area contributed by atoms with E-state index in [1.54, 1.807) is 37.4 Å². The Labute approximate surface area is 160 Å². The number of rotatable bonds is 5. The summed E-state index contributed by atoms with van der Waals surface area (Å²) in [6.07, 6.45) is 6.14. The second-order valence-electron chi connectivity index (χ2n) is 6.32. The van der Waals surface area contributed by atoms with Crippen molar-refractivity contribution < 1.29 is 14.3 Å². The summed E-state index contributed by atoms with van der Waals surface area (Å²) in [6, 6.07) is 12.5. The number of halogens is 1. The Morgan fingerprint density at radius 3 is 2.58 bits per heavy atom. The molecule has 6 heteroatoms. The molecule has 140 valence electrons. The zero-order chi connectivity index (χ0) is 17.6. The van der Waals surface area contributed by atoms with Gasteiger partial charge in [-0.3, -0.25) is 4.79 Å². The van der Waals surface area contributed by atoms with Crippen LogP contribution < -0.4 is 20.5 Å². The quantitative estimate of drug-likeness (QED) is 0.744. The number of benzene rings is 2. The number of nitrogens with one attached hydrogen (secondary N) is 1. The molecular formula is C20H25ClN2O3. The first-order valence-corrected chi connectivity index (χ1v) is 8.67. The molecule has 26 heavy (non-hydrogen) atoms. The molecule has 0 radical (unpaired) electrons. The van der Waals surface area contributed by atoms with Crippen LogP contribution in [0, 0.1) is 0 Å². The highest BCUT2D eigenvalue weighted by atomic mass is 35.5. The average Bonchev–Trinajstić information content (AvgIpc) is 2.63. The first-order chi connectivity index (χ1) is 12.2. The molecule has 0 unspecified atom stereocenters. The van der Waals surface area contributed by atoms with Gasteiger partial charge in [0.05, 0.1) is 18.9 Å². The van der Waals surface area contributed by atoms with Crippen molar-refractivity contribution in [2.24, 2.45) is 0 Å². The Balaban J connectivity index is 0.00000243. The van der Waals surface area contributed by atoms with E-state index in [0.717, 1.165) is 18.6 Å². The minimum absolute atomic E-state index is 0. The van der Waals surface area contributed by atoms with Crippen LogP contribution in [0.25, 0.3) is 0 Å². The van der Waals surface area contributed by atoms with Crippen LogP contribution in [0.15, 0.2) is 42.5 Å². The Morgan fingerprint density at radius 2 is 1.88 bits per heavy atom. The van der Waals surface area contributed by atoms with E-state index in [1.807, 2.05) is 12.1 Å². The lowest BCUT2D eigenvalue weighted by Gasteiger charge is -2.23. The molecule has 1 fully saturated rings. The molecule has 1 aliphatic carbocycles. The number of methoxy groups -OCH3 is 1. The lowest BCUT2D eigenvalue weighted by atomic mass is 9.98. The second kappa shape index (κ2) is 9.34. The number of anilines is 2. The lowest BCUT2D eigenvalue weighted by Crippen LogP contribution is -2.20. The SMILES string of the molecule is COc1ccc(NC(=O)c2cccc(OC3CCCCC3)c2)cc1N.Cl. The van der Waals surface area contributed by atoms with Gasteiger partial charge in [0.2, 0.25) is 0 Å². The van der Waals surface area contributed by atoms with Crippen LogP contribution in [0.3, 0.4) is 0 Å². The predicted octanol–water partition coefficient (Wildman–Crippen LogP) is 4.66. The Bertz CT molecular complexity index is 746. The highest BCUT2D eigenvalue weighted by Crippen LogP contribution is 2.26. The molecule has 0 heterocycles. The molecule has 3 N–H and O–H groups in total. The van der Waals surface area contributed by atoms with Crippen molar-refractivity contribution in [1.82, 2.24) is 0 Å². The normalized spacial score (nSPS) is 14.2. The summed E-state index contributed by atoms with van der Waals surface area (Å²) < 4.78 is 11.2. The van der Waals surface area contributed by atoms with Gasteiger partial charge in [-0.25, -0.2) is 0 Å². The van der Waals surface area contributed by atoms with Gasteiger partial charge in [0.25, 0.3) is 5.91 Å². The van der Waals surface area contributed by atoms with Crippen molar-refractivity contribution in [2.75, 3.05) is 18.2 Å². The number of ether oxygens (including phenoxy) is 2. The second-order valence-corrected chi connectivity index (χ2v) is 6.32. The zero-order valence-corrected chi connectivity index (χ0v) is 15.7. The fourth-order valence-corrected chi connectivity index (χ4v) is 3.10. The summed E-state index contributed by atoms with van der Waals surface area (Å²) in [5.74, 6) is 1.13. The maximum atomic E-state index is 12.5. The Morgan fingerprint density at radius 1 is 1.12 bits per heavy atom. The third-order valence-corrected chi connectivity index (χ3v) is 4.44. The van der Waals surface area contributed by atoms with Gasteiger partial charge in [-0.05, 0) is 62.1 Å². The van der Waals surface area contributed by atoms with E-state index in [0.29, 0.717) is 22.7 Å². The number of carbonyl (C=O) groups is 1. The molecule has 1 aliphatic rings. The molecule has 5 nitrogen and oxygen atoms in total. The number of hydrogen-bond donors (Lipinski definition) is 2. The molecule has 0 atom stereocenters. The molecule has 0 aromatic heterocycles. The Kier molecular flexibility index (Phi) is 7.16. The van der Waals surface area contributed by atoms with Gasteiger partial charge in [0, 0.05) is 11.3 Å². The third kappa shape index (κ3) is 5.05. The van der Waals surface area contributed by atoms with Crippen molar-refractivity contribution in [3.63, 3.8) is 0 Å². The van der Waals surface area contributed by atoms with E-state index >= 15 is 0 Å². The number of hydrogen-bond acceptors (Lipinski definition) is 4. The summed E-state index contributed by atoms with van der Waals surface area (Å²) in [4.78, 5) is 12.5. The van der Waals surface area contributed by atoms with Crippen LogP contribution in [-0.4, -0.2) is 19.1 Å². The minimum Gasteiger partial charge on any atom is -0.495 e. The first-order valence-electron chi connectivity index (χ1n) is 8.67. The molecule has 1 saturated carbocycles. The van der Waals surface area contributed by atoms with Crippen molar-refractivity contribution in [3.8, 4) is 11.5 Å². The number of amides is 1. The van der Waals surface area contributed by atoms with Crippen molar-refractivity contribution in [2.45, 2.75) is 38.2 Å². The lowest BCUT2D eigenvalue weighted by molar-refractivity contribution is 0.102. The maximum absolute atomic E-state index is 12.5. The van der Waals surface area contributed by atoms with Crippen LogP contribution in [0.4, 0.5) is 11.4 Å². The smallest absolute Gasteiger partial charge is 0.255 e. The monoisotopic (exact) mass is 376 g/mol. The topological polar surface area (TPSA) is 73.6 Å². The van der Waals surface area contributed by atoms with E-state index in [9.17, 15) is 4.79 Å². The average molecular weight is 377 g/mol. The van der Waals surface area contributed by atoms with Crippen LogP contribution in [-0.2, 0) is 0 Å². The minimum atomic E-state index is -0.196. The summed E-state index contributed by atoms with van der Waals surface area (Å²) in [5, 5.41) is 2.85. The largest absolute Gasteiger partial charge is 0.495 e. The fraction of sp³-hybridized carbons (Fsp3) is 0.350. The van der Waals surface area contributed by atoms with Crippen molar-refractivity contribution in [3.05, 3.63) is 48.0 Å². The molecule has 0 saturated heterocycles. The number of nitrogens with two attached hydrogens (primary N) is 1. The van der Waals surface area contributed by atoms with E-state index in [-0.39, 0.29) is 24.4 Å².